The highest BCUT2D eigenvalue weighted by Gasteiger charge is 2.27. The van der Waals surface area contributed by atoms with Gasteiger partial charge in [0.05, 0.1) is 0 Å². The largest absolute Gasteiger partial charge is 0.445 e. The number of nitrogens with two attached hydrogens (primary N) is 1. The van der Waals surface area contributed by atoms with E-state index in [0.29, 0.717) is 37.3 Å². The van der Waals surface area contributed by atoms with E-state index in [-0.39, 0.29) is 18.3 Å². The van der Waals surface area contributed by atoms with Crippen LogP contribution in [0.3, 0.4) is 0 Å². The third-order valence-electron chi connectivity index (χ3n) is 5.11. The van der Waals surface area contributed by atoms with Gasteiger partial charge >= 0.3 is 6.09 Å². The Morgan fingerprint density at radius 3 is 2.45 bits per heavy atom. The number of carbonyl (C=O) groups is 2. The molecule has 0 fully saturated rings. The van der Waals surface area contributed by atoms with Crippen LogP contribution < -0.4 is 10.6 Å². The highest BCUT2D eigenvalue weighted by Crippen LogP contribution is 2.33. The molecule has 1 aliphatic heterocycles. The van der Waals surface area contributed by atoms with Crippen LogP contribution in [-0.2, 0) is 11.2 Å². The predicted molar refractivity (Wildman–Crippen MR) is 113 cm³/mol. The summed E-state index contributed by atoms with van der Waals surface area (Å²) in [7, 11) is 0. The van der Waals surface area contributed by atoms with E-state index in [9.17, 15) is 14.0 Å². The summed E-state index contributed by atoms with van der Waals surface area (Å²) in [6.07, 6.45) is -0.152. The Labute approximate surface area is 172 Å². The molecule has 0 aromatic heterocycles. The zero-order valence-electron chi connectivity index (χ0n) is 18.0. The molecule has 6 nitrogen and oxygen atoms in total. The molecule has 0 atom stereocenters. The second-order valence-corrected chi connectivity index (χ2v) is 8.27. The standard InChI is InChI=1S/C22H32FN3O3/c1-6-25(7-2)20(27)16-8-9-18-15(12-16)10-11-26(18)13-17(14-29-21(24)28)19(23)22(3,4)5/h8-9,12H,6-7,10-11,13-14H2,1-5H3,(H2,24,28). The van der Waals surface area contributed by atoms with Gasteiger partial charge in [-0.15, -0.1) is 0 Å². The number of ether oxygens (including phenoxy) is 1. The van der Waals surface area contributed by atoms with Crippen LogP contribution >= 0.6 is 0 Å². The molecule has 1 heterocycles. The summed E-state index contributed by atoms with van der Waals surface area (Å²) in [6, 6.07) is 5.67. The summed E-state index contributed by atoms with van der Waals surface area (Å²) in [5, 5.41) is 0. The Hall–Kier alpha value is -2.57. The van der Waals surface area contributed by atoms with Crippen LogP contribution in [-0.4, -0.2) is 49.7 Å². The van der Waals surface area contributed by atoms with Crippen molar-refractivity contribution in [2.24, 2.45) is 11.1 Å². The van der Waals surface area contributed by atoms with E-state index in [1.54, 1.807) is 25.7 Å². The van der Waals surface area contributed by atoms with E-state index in [1.165, 1.54) is 0 Å². The molecule has 0 saturated heterocycles. The van der Waals surface area contributed by atoms with Crippen LogP contribution in [0.5, 0.6) is 0 Å². The van der Waals surface area contributed by atoms with E-state index in [2.05, 4.69) is 0 Å². The lowest BCUT2D eigenvalue weighted by Crippen LogP contribution is -2.30. The van der Waals surface area contributed by atoms with Crippen molar-refractivity contribution < 1.29 is 18.7 Å². The molecule has 0 aliphatic carbocycles. The first-order valence-electron chi connectivity index (χ1n) is 10.1. The lowest BCUT2D eigenvalue weighted by molar-refractivity contribution is 0.0773. The first kappa shape index (κ1) is 22.7. The molecule has 1 aromatic carbocycles. The van der Waals surface area contributed by atoms with Crippen LogP contribution in [0, 0.1) is 5.41 Å². The minimum absolute atomic E-state index is 0.0190. The normalized spacial score (nSPS) is 14.3. The van der Waals surface area contributed by atoms with Gasteiger partial charge < -0.3 is 20.3 Å². The lowest BCUT2D eigenvalue weighted by atomic mass is 9.91. The molecular weight excluding hydrogens is 373 g/mol. The number of nitrogens with zero attached hydrogens (tertiary/aromatic N) is 2. The lowest BCUT2D eigenvalue weighted by Gasteiger charge is -2.25. The van der Waals surface area contributed by atoms with E-state index in [1.807, 2.05) is 36.9 Å². The first-order chi connectivity index (χ1) is 13.6. The number of primary amides is 1. The fraction of sp³-hybridized carbons (Fsp3) is 0.545. The maximum absolute atomic E-state index is 15.0. The molecule has 0 radical (unpaired) electrons. The van der Waals surface area contributed by atoms with Crippen molar-refractivity contribution in [3.05, 3.63) is 40.7 Å². The Balaban J connectivity index is 2.26. The van der Waals surface area contributed by atoms with Gasteiger partial charge in [0.1, 0.15) is 12.4 Å². The fourth-order valence-corrected chi connectivity index (χ4v) is 3.56. The Bertz CT molecular complexity index is 795. The third-order valence-corrected chi connectivity index (χ3v) is 5.11. The smallest absolute Gasteiger partial charge is 0.404 e. The average molecular weight is 406 g/mol. The Morgan fingerprint density at radius 1 is 1.24 bits per heavy atom. The van der Waals surface area contributed by atoms with Crippen LogP contribution in [0.1, 0.15) is 50.5 Å². The van der Waals surface area contributed by atoms with Gasteiger partial charge in [0.2, 0.25) is 0 Å². The number of hydrogen-bond acceptors (Lipinski definition) is 4. The van der Waals surface area contributed by atoms with Crippen molar-refractivity contribution in [3.63, 3.8) is 0 Å². The molecular formula is C22H32FN3O3. The monoisotopic (exact) mass is 405 g/mol. The van der Waals surface area contributed by atoms with Crippen molar-refractivity contribution in [1.82, 2.24) is 4.90 Å². The number of hydrogen-bond donors (Lipinski definition) is 1. The molecule has 0 saturated carbocycles. The van der Waals surface area contributed by atoms with Crippen molar-refractivity contribution in [2.45, 2.75) is 41.0 Å². The quantitative estimate of drug-likeness (QED) is 0.747. The molecule has 1 aliphatic rings. The summed E-state index contributed by atoms with van der Waals surface area (Å²) < 4.78 is 19.8. The number of carbonyl (C=O) groups excluding carboxylic acids is 2. The number of rotatable bonds is 7. The molecule has 1 aromatic rings. The maximum atomic E-state index is 15.0. The van der Waals surface area contributed by atoms with Gasteiger partial charge in [-0.1, -0.05) is 20.8 Å². The van der Waals surface area contributed by atoms with E-state index >= 15 is 0 Å². The number of anilines is 1. The van der Waals surface area contributed by atoms with Crippen LogP contribution in [0.4, 0.5) is 14.9 Å². The topological polar surface area (TPSA) is 75.9 Å². The first-order valence-corrected chi connectivity index (χ1v) is 10.1. The van der Waals surface area contributed by atoms with Gasteiger partial charge in [-0.25, -0.2) is 9.18 Å². The van der Waals surface area contributed by atoms with E-state index in [0.717, 1.165) is 17.7 Å². The Morgan fingerprint density at radius 2 is 1.90 bits per heavy atom. The maximum Gasteiger partial charge on any atom is 0.404 e. The summed E-state index contributed by atoms with van der Waals surface area (Å²) in [6.45, 7) is 11.4. The number of halogens is 1. The summed E-state index contributed by atoms with van der Waals surface area (Å²) in [4.78, 5) is 27.5. The van der Waals surface area contributed by atoms with Gasteiger partial charge in [0, 0.05) is 48.4 Å². The zero-order chi connectivity index (χ0) is 21.8. The van der Waals surface area contributed by atoms with Crippen LogP contribution in [0.2, 0.25) is 0 Å². The SMILES string of the molecule is CCN(CC)C(=O)c1ccc2c(c1)CCN2CC(COC(N)=O)=C(F)C(C)(C)C. The van der Waals surface area contributed by atoms with Gasteiger partial charge in [-0.3, -0.25) is 4.79 Å². The minimum atomic E-state index is -0.925. The van der Waals surface area contributed by atoms with Gasteiger partial charge in [0.15, 0.2) is 0 Å². The number of benzene rings is 1. The van der Waals surface area contributed by atoms with Crippen molar-refractivity contribution in [1.29, 1.82) is 0 Å². The molecule has 0 unspecified atom stereocenters. The summed E-state index contributed by atoms with van der Waals surface area (Å²) in [5.74, 6) is -0.286. The summed E-state index contributed by atoms with van der Waals surface area (Å²) in [5.41, 5.74) is 7.48. The molecule has 7 heteroatoms. The molecule has 29 heavy (non-hydrogen) atoms. The second kappa shape index (κ2) is 9.29. The average Bonchev–Trinajstić information content (AvgIpc) is 3.06. The highest BCUT2D eigenvalue weighted by atomic mass is 19.1. The number of amides is 2. The Kier molecular flexibility index (Phi) is 7.27. The molecule has 0 spiro atoms. The predicted octanol–water partition coefficient (Wildman–Crippen LogP) is 3.90. The van der Waals surface area contributed by atoms with E-state index < -0.39 is 11.5 Å². The zero-order valence-corrected chi connectivity index (χ0v) is 18.0. The molecule has 2 N–H and O–H groups in total. The highest BCUT2D eigenvalue weighted by molar-refractivity contribution is 5.95. The third kappa shape index (κ3) is 5.49. The molecule has 0 bridgehead atoms. The van der Waals surface area contributed by atoms with Crippen molar-refractivity contribution in [3.8, 4) is 0 Å². The van der Waals surface area contributed by atoms with Gasteiger partial charge in [-0.05, 0) is 44.0 Å². The number of fused-ring (bicyclic) bond motifs is 1. The van der Waals surface area contributed by atoms with Gasteiger partial charge in [0.25, 0.3) is 5.91 Å². The second-order valence-electron chi connectivity index (χ2n) is 8.27. The summed E-state index contributed by atoms with van der Waals surface area (Å²) >= 11 is 0. The minimum Gasteiger partial charge on any atom is -0.445 e. The molecule has 160 valence electrons. The molecule has 2 amide bonds. The van der Waals surface area contributed by atoms with Crippen molar-refractivity contribution in [2.75, 3.05) is 37.7 Å². The molecule has 2 rings (SSSR count). The van der Waals surface area contributed by atoms with Crippen LogP contribution in [0.25, 0.3) is 0 Å². The number of allylic oxidation sites excluding steroid dienone is 1. The van der Waals surface area contributed by atoms with Crippen molar-refractivity contribution >= 4 is 17.7 Å². The van der Waals surface area contributed by atoms with E-state index in [4.69, 9.17) is 10.5 Å². The fourth-order valence-electron chi connectivity index (χ4n) is 3.56. The van der Waals surface area contributed by atoms with Gasteiger partial charge in [-0.2, -0.15) is 0 Å². The van der Waals surface area contributed by atoms with Crippen LogP contribution in [0.15, 0.2) is 29.6 Å².